The Hall–Kier alpha value is -0.920. The minimum absolute atomic E-state index is 0.372. The van der Waals surface area contributed by atoms with Gasteiger partial charge in [0.25, 0.3) is 0 Å². The number of hydrogen-bond acceptors (Lipinski definition) is 2. The van der Waals surface area contributed by atoms with E-state index in [9.17, 15) is 8.42 Å². The predicted octanol–water partition coefficient (Wildman–Crippen LogP) is 3.04. The van der Waals surface area contributed by atoms with Crippen molar-refractivity contribution in [2.75, 3.05) is 6.54 Å². The van der Waals surface area contributed by atoms with E-state index in [4.69, 9.17) is 0 Å². The molecule has 0 fully saturated rings. The molecule has 1 heterocycles. The fourth-order valence-electron chi connectivity index (χ4n) is 2.43. The maximum absolute atomic E-state index is 12.6. The highest BCUT2D eigenvalue weighted by molar-refractivity contribution is 14.1. The molecular formula is C15H14INO2S. The van der Waals surface area contributed by atoms with Crippen molar-refractivity contribution in [2.45, 2.75) is 17.9 Å². The lowest BCUT2D eigenvalue weighted by molar-refractivity contribution is 0.391. The van der Waals surface area contributed by atoms with Gasteiger partial charge >= 0.3 is 0 Å². The molecule has 0 radical (unpaired) electrons. The SMILES string of the molecule is O=S(=O)(c1ccc(I)cc1)N1CCc2ccccc2C1. The number of halogens is 1. The van der Waals surface area contributed by atoms with Crippen molar-refractivity contribution in [1.29, 1.82) is 0 Å². The summed E-state index contributed by atoms with van der Waals surface area (Å²) in [5, 5.41) is 0. The van der Waals surface area contributed by atoms with Crippen LogP contribution in [0.4, 0.5) is 0 Å². The van der Waals surface area contributed by atoms with E-state index >= 15 is 0 Å². The predicted molar refractivity (Wildman–Crippen MR) is 86.9 cm³/mol. The van der Waals surface area contributed by atoms with Crippen LogP contribution in [0.2, 0.25) is 0 Å². The number of sulfonamides is 1. The molecule has 104 valence electrons. The van der Waals surface area contributed by atoms with Crippen LogP contribution < -0.4 is 0 Å². The van der Waals surface area contributed by atoms with E-state index in [1.165, 1.54) is 5.56 Å². The molecule has 0 aliphatic carbocycles. The van der Waals surface area contributed by atoms with Gasteiger partial charge in [-0.1, -0.05) is 24.3 Å². The number of fused-ring (bicyclic) bond motifs is 1. The monoisotopic (exact) mass is 399 g/mol. The minimum atomic E-state index is -3.39. The van der Waals surface area contributed by atoms with Crippen molar-refractivity contribution in [3.63, 3.8) is 0 Å². The van der Waals surface area contributed by atoms with Gasteiger partial charge in [-0.05, 0) is 64.4 Å². The summed E-state index contributed by atoms with van der Waals surface area (Å²) >= 11 is 2.17. The molecule has 3 rings (SSSR count). The van der Waals surface area contributed by atoms with Crippen molar-refractivity contribution in [2.24, 2.45) is 0 Å². The van der Waals surface area contributed by atoms with Gasteiger partial charge in [0.15, 0.2) is 0 Å². The van der Waals surface area contributed by atoms with Crippen LogP contribution in [0.1, 0.15) is 11.1 Å². The molecule has 1 aliphatic heterocycles. The van der Waals surface area contributed by atoms with Crippen LogP contribution in [0.25, 0.3) is 0 Å². The Morgan fingerprint density at radius 2 is 1.60 bits per heavy atom. The first-order valence-electron chi connectivity index (χ1n) is 6.40. The lowest BCUT2D eigenvalue weighted by Gasteiger charge is -2.28. The van der Waals surface area contributed by atoms with Crippen molar-refractivity contribution >= 4 is 32.6 Å². The Kier molecular flexibility index (Phi) is 3.83. The molecule has 20 heavy (non-hydrogen) atoms. The molecule has 0 amide bonds. The first-order chi connectivity index (χ1) is 9.57. The summed E-state index contributed by atoms with van der Waals surface area (Å²) in [6.45, 7) is 1.01. The standard InChI is InChI=1S/C15H14INO2S/c16-14-5-7-15(8-6-14)20(18,19)17-10-9-12-3-1-2-4-13(12)11-17/h1-8H,9-11H2. The molecule has 0 aromatic heterocycles. The topological polar surface area (TPSA) is 37.4 Å². The molecule has 0 atom stereocenters. The fourth-order valence-corrected chi connectivity index (χ4v) is 4.21. The van der Waals surface area contributed by atoms with Gasteiger partial charge in [-0.25, -0.2) is 8.42 Å². The highest BCUT2D eigenvalue weighted by Gasteiger charge is 2.27. The highest BCUT2D eigenvalue weighted by Crippen LogP contribution is 2.25. The maximum Gasteiger partial charge on any atom is 0.243 e. The van der Waals surface area contributed by atoms with Gasteiger partial charge in [0, 0.05) is 16.7 Å². The number of nitrogens with zero attached hydrogens (tertiary/aromatic N) is 1. The summed E-state index contributed by atoms with van der Waals surface area (Å²) in [5.41, 5.74) is 2.36. The summed E-state index contributed by atoms with van der Waals surface area (Å²) in [7, 11) is -3.39. The van der Waals surface area contributed by atoms with E-state index in [-0.39, 0.29) is 0 Å². The third-order valence-electron chi connectivity index (χ3n) is 3.55. The van der Waals surface area contributed by atoms with Gasteiger partial charge in [-0.2, -0.15) is 4.31 Å². The Labute approximate surface area is 132 Å². The molecular weight excluding hydrogens is 385 g/mol. The fraction of sp³-hybridized carbons (Fsp3) is 0.200. The van der Waals surface area contributed by atoms with Gasteiger partial charge in [0.1, 0.15) is 0 Å². The van der Waals surface area contributed by atoms with Crippen molar-refractivity contribution in [3.05, 3.63) is 63.2 Å². The molecule has 0 saturated carbocycles. The zero-order valence-electron chi connectivity index (χ0n) is 10.8. The zero-order valence-corrected chi connectivity index (χ0v) is 13.8. The quantitative estimate of drug-likeness (QED) is 0.729. The lowest BCUT2D eigenvalue weighted by Crippen LogP contribution is -2.35. The van der Waals surface area contributed by atoms with Crippen molar-refractivity contribution < 1.29 is 8.42 Å². The summed E-state index contributed by atoms with van der Waals surface area (Å²) in [6.07, 6.45) is 0.778. The third kappa shape index (κ3) is 2.62. The molecule has 0 unspecified atom stereocenters. The molecule has 0 N–H and O–H groups in total. The molecule has 0 saturated heterocycles. The second-order valence-corrected chi connectivity index (χ2v) is 7.99. The molecule has 1 aliphatic rings. The molecule has 3 nitrogen and oxygen atoms in total. The van der Waals surface area contributed by atoms with Gasteiger partial charge < -0.3 is 0 Å². The normalized spacial score (nSPS) is 15.8. The average molecular weight is 399 g/mol. The average Bonchev–Trinajstić information content (AvgIpc) is 2.47. The van der Waals surface area contributed by atoms with Crippen molar-refractivity contribution in [1.82, 2.24) is 4.31 Å². The summed E-state index contributed by atoms with van der Waals surface area (Å²) in [4.78, 5) is 0.372. The summed E-state index contributed by atoms with van der Waals surface area (Å²) in [6, 6.07) is 15.0. The van der Waals surface area contributed by atoms with Crippen LogP contribution in [0, 0.1) is 3.57 Å². The summed E-state index contributed by atoms with van der Waals surface area (Å²) in [5.74, 6) is 0. The maximum atomic E-state index is 12.6. The first kappa shape index (κ1) is 14.0. The van der Waals surface area contributed by atoms with Crippen LogP contribution in [0.5, 0.6) is 0 Å². The van der Waals surface area contributed by atoms with E-state index in [0.29, 0.717) is 18.0 Å². The van der Waals surface area contributed by atoms with Crippen LogP contribution in [-0.4, -0.2) is 19.3 Å². The Morgan fingerprint density at radius 1 is 0.950 bits per heavy atom. The molecule has 0 spiro atoms. The number of rotatable bonds is 2. The molecule has 2 aromatic rings. The van der Waals surface area contributed by atoms with E-state index in [0.717, 1.165) is 15.6 Å². The van der Waals surface area contributed by atoms with Crippen molar-refractivity contribution in [3.8, 4) is 0 Å². The van der Waals surface area contributed by atoms with Crippen LogP contribution in [0.3, 0.4) is 0 Å². The minimum Gasteiger partial charge on any atom is -0.207 e. The van der Waals surface area contributed by atoms with E-state index in [1.807, 2.05) is 30.3 Å². The first-order valence-corrected chi connectivity index (χ1v) is 8.92. The largest absolute Gasteiger partial charge is 0.243 e. The smallest absolute Gasteiger partial charge is 0.207 e. The second kappa shape index (κ2) is 5.46. The van der Waals surface area contributed by atoms with Crippen LogP contribution >= 0.6 is 22.6 Å². The Bertz CT molecular complexity index is 726. The van der Waals surface area contributed by atoms with Gasteiger partial charge in [0.2, 0.25) is 10.0 Å². The van der Waals surface area contributed by atoms with E-state index in [2.05, 4.69) is 28.7 Å². The Morgan fingerprint density at radius 3 is 2.30 bits per heavy atom. The van der Waals surface area contributed by atoms with Gasteiger partial charge in [-0.15, -0.1) is 0 Å². The van der Waals surface area contributed by atoms with Gasteiger partial charge in [0.05, 0.1) is 4.90 Å². The lowest BCUT2D eigenvalue weighted by atomic mass is 10.0. The van der Waals surface area contributed by atoms with Crippen LogP contribution in [0.15, 0.2) is 53.4 Å². The molecule has 2 aromatic carbocycles. The summed E-state index contributed by atoms with van der Waals surface area (Å²) < 4.78 is 27.9. The molecule has 5 heteroatoms. The van der Waals surface area contributed by atoms with E-state index < -0.39 is 10.0 Å². The number of benzene rings is 2. The second-order valence-electron chi connectivity index (χ2n) is 4.81. The van der Waals surface area contributed by atoms with Gasteiger partial charge in [-0.3, -0.25) is 0 Å². The van der Waals surface area contributed by atoms with E-state index in [1.54, 1.807) is 16.4 Å². The number of hydrogen-bond donors (Lipinski definition) is 0. The highest BCUT2D eigenvalue weighted by atomic mass is 127. The molecule has 0 bridgehead atoms. The van der Waals surface area contributed by atoms with Crippen LogP contribution in [-0.2, 0) is 23.0 Å². The zero-order chi connectivity index (χ0) is 14.2. The Balaban J connectivity index is 1.92. The third-order valence-corrected chi connectivity index (χ3v) is 6.13.